The topological polar surface area (TPSA) is 93.7 Å². The molecule has 8 heteroatoms. The molecule has 0 bridgehead atoms. The van der Waals surface area contributed by atoms with Crippen LogP contribution in [0.15, 0.2) is 60.7 Å². The molecule has 0 saturated carbocycles. The monoisotopic (exact) mass is 458 g/mol. The van der Waals surface area contributed by atoms with Crippen molar-refractivity contribution in [1.82, 2.24) is 10.6 Å². The number of esters is 1. The number of amides is 2. The van der Waals surface area contributed by atoms with E-state index in [1.807, 2.05) is 60.7 Å². The van der Waals surface area contributed by atoms with Gasteiger partial charge in [-0.2, -0.15) is 11.8 Å². The molecular weight excluding hydrogens is 428 g/mol. The van der Waals surface area contributed by atoms with E-state index in [0.717, 1.165) is 11.1 Å². The first-order valence-corrected chi connectivity index (χ1v) is 11.5. The van der Waals surface area contributed by atoms with Crippen LogP contribution in [-0.2, 0) is 31.4 Å². The summed E-state index contributed by atoms with van der Waals surface area (Å²) >= 11 is 1.50. The van der Waals surface area contributed by atoms with Crippen molar-refractivity contribution in [3.05, 3.63) is 71.8 Å². The number of alkyl carbamates (subject to hydrolysis) is 1. The van der Waals surface area contributed by atoms with Gasteiger partial charge in [-0.15, -0.1) is 0 Å². The van der Waals surface area contributed by atoms with E-state index < -0.39 is 29.6 Å². The summed E-state index contributed by atoms with van der Waals surface area (Å²) < 4.78 is 10.4. The Balaban J connectivity index is 1.86. The minimum Gasteiger partial charge on any atom is -0.460 e. The third-order valence-corrected chi connectivity index (χ3v) is 5.16. The predicted molar refractivity (Wildman–Crippen MR) is 125 cm³/mol. The SMILES string of the molecule is CC(C)(C)OC(=O)N[C@@H](CSCc1ccccc1)C(=O)NCC(=O)OCc1ccccc1. The minimum absolute atomic E-state index is 0.127. The summed E-state index contributed by atoms with van der Waals surface area (Å²) in [5.74, 6) is -0.0399. The van der Waals surface area contributed by atoms with Gasteiger partial charge in [0.1, 0.15) is 24.8 Å². The van der Waals surface area contributed by atoms with E-state index in [-0.39, 0.29) is 13.2 Å². The van der Waals surface area contributed by atoms with Crippen molar-refractivity contribution in [2.75, 3.05) is 12.3 Å². The van der Waals surface area contributed by atoms with Gasteiger partial charge in [0.2, 0.25) is 5.91 Å². The first-order chi connectivity index (χ1) is 15.2. The van der Waals surface area contributed by atoms with Crippen molar-refractivity contribution in [2.45, 2.75) is 44.8 Å². The molecule has 2 N–H and O–H groups in total. The molecule has 7 nitrogen and oxygen atoms in total. The summed E-state index contributed by atoms with van der Waals surface area (Å²) in [5.41, 5.74) is 1.27. The zero-order valence-corrected chi connectivity index (χ0v) is 19.4. The van der Waals surface area contributed by atoms with Crippen LogP contribution in [0, 0.1) is 0 Å². The van der Waals surface area contributed by atoms with Gasteiger partial charge in [0.15, 0.2) is 0 Å². The molecule has 2 aromatic rings. The van der Waals surface area contributed by atoms with Crippen LogP contribution < -0.4 is 10.6 Å². The quantitative estimate of drug-likeness (QED) is 0.528. The second kappa shape index (κ2) is 12.8. The third kappa shape index (κ3) is 10.3. The van der Waals surface area contributed by atoms with E-state index >= 15 is 0 Å². The Labute approximate surface area is 193 Å². The molecule has 172 valence electrons. The first kappa shape index (κ1) is 25.3. The lowest BCUT2D eigenvalue weighted by Gasteiger charge is -2.23. The maximum atomic E-state index is 12.7. The lowest BCUT2D eigenvalue weighted by Crippen LogP contribution is -2.50. The van der Waals surface area contributed by atoms with Crippen molar-refractivity contribution < 1.29 is 23.9 Å². The summed E-state index contributed by atoms with van der Waals surface area (Å²) in [6.07, 6.45) is -0.690. The molecule has 2 amide bonds. The Morgan fingerprint density at radius 3 is 2.12 bits per heavy atom. The normalized spacial score (nSPS) is 11.8. The molecule has 0 radical (unpaired) electrons. The van der Waals surface area contributed by atoms with Gasteiger partial charge in [0.25, 0.3) is 0 Å². The van der Waals surface area contributed by atoms with Crippen LogP contribution >= 0.6 is 11.8 Å². The van der Waals surface area contributed by atoms with Gasteiger partial charge in [-0.25, -0.2) is 4.79 Å². The van der Waals surface area contributed by atoms with E-state index in [1.54, 1.807) is 20.8 Å². The molecule has 32 heavy (non-hydrogen) atoms. The summed E-state index contributed by atoms with van der Waals surface area (Å²) in [4.78, 5) is 36.9. The summed E-state index contributed by atoms with van der Waals surface area (Å²) in [6.45, 7) is 5.07. The number of thioether (sulfide) groups is 1. The average Bonchev–Trinajstić information content (AvgIpc) is 2.75. The standard InChI is InChI=1S/C24H30N2O5S/c1-24(2,3)31-23(29)26-20(17-32-16-19-12-8-5-9-13-19)22(28)25-14-21(27)30-15-18-10-6-4-7-11-18/h4-13,20H,14-17H2,1-3H3,(H,25,28)(H,26,29)/t20-/m0/s1. The van der Waals surface area contributed by atoms with Crippen LogP contribution in [0.1, 0.15) is 31.9 Å². The molecule has 0 fully saturated rings. The fourth-order valence-corrected chi connectivity index (χ4v) is 3.59. The molecule has 0 heterocycles. The highest BCUT2D eigenvalue weighted by molar-refractivity contribution is 7.98. The second-order valence-corrected chi connectivity index (χ2v) is 9.09. The van der Waals surface area contributed by atoms with Crippen LogP contribution in [0.5, 0.6) is 0 Å². The highest BCUT2D eigenvalue weighted by Gasteiger charge is 2.25. The molecule has 0 aliphatic rings. The number of hydrogen-bond acceptors (Lipinski definition) is 6. The number of carbonyl (C=O) groups excluding carboxylic acids is 3. The Bertz CT molecular complexity index is 869. The average molecular weight is 459 g/mol. The Hall–Kier alpha value is -3.00. The van der Waals surface area contributed by atoms with Crippen LogP contribution in [0.25, 0.3) is 0 Å². The third-order valence-electron chi connectivity index (χ3n) is 4.05. The van der Waals surface area contributed by atoms with E-state index in [4.69, 9.17) is 9.47 Å². The highest BCUT2D eigenvalue weighted by Crippen LogP contribution is 2.14. The second-order valence-electron chi connectivity index (χ2n) is 8.06. The molecule has 0 aliphatic heterocycles. The maximum absolute atomic E-state index is 12.7. The number of rotatable bonds is 10. The molecule has 0 aromatic heterocycles. The van der Waals surface area contributed by atoms with Gasteiger partial charge < -0.3 is 20.1 Å². The zero-order chi connectivity index (χ0) is 23.4. The lowest BCUT2D eigenvalue weighted by molar-refractivity contribution is -0.145. The highest BCUT2D eigenvalue weighted by atomic mass is 32.2. The number of nitrogens with one attached hydrogen (secondary N) is 2. The fraction of sp³-hybridized carbons (Fsp3) is 0.375. The molecular formula is C24H30N2O5S. The number of carbonyl (C=O) groups is 3. The number of hydrogen-bond donors (Lipinski definition) is 2. The molecule has 2 aromatic carbocycles. The summed E-state index contributed by atoms with van der Waals surface area (Å²) in [5, 5.41) is 5.13. The largest absolute Gasteiger partial charge is 0.460 e. The minimum atomic E-state index is -0.861. The predicted octanol–water partition coefficient (Wildman–Crippen LogP) is 3.67. The van der Waals surface area contributed by atoms with Crippen molar-refractivity contribution in [2.24, 2.45) is 0 Å². The fourth-order valence-electron chi connectivity index (χ4n) is 2.57. The van der Waals surface area contributed by atoms with Gasteiger partial charge in [-0.05, 0) is 31.9 Å². The van der Waals surface area contributed by atoms with Crippen molar-refractivity contribution >= 4 is 29.7 Å². The van der Waals surface area contributed by atoms with Crippen LogP contribution in [0.2, 0.25) is 0 Å². The van der Waals surface area contributed by atoms with Gasteiger partial charge in [-0.3, -0.25) is 9.59 Å². The van der Waals surface area contributed by atoms with Crippen molar-refractivity contribution in [3.63, 3.8) is 0 Å². The Morgan fingerprint density at radius 2 is 1.53 bits per heavy atom. The van der Waals surface area contributed by atoms with Gasteiger partial charge >= 0.3 is 12.1 Å². The Morgan fingerprint density at radius 1 is 0.938 bits per heavy atom. The van der Waals surface area contributed by atoms with Crippen LogP contribution in [0.3, 0.4) is 0 Å². The smallest absolute Gasteiger partial charge is 0.408 e. The van der Waals surface area contributed by atoms with Crippen LogP contribution in [0.4, 0.5) is 4.79 Å². The van der Waals surface area contributed by atoms with Gasteiger partial charge in [0.05, 0.1) is 0 Å². The summed E-state index contributed by atoms with van der Waals surface area (Å²) in [7, 11) is 0. The molecule has 2 rings (SSSR count). The number of ether oxygens (including phenoxy) is 2. The van der Waals surface area contributed by atoms with Gasteiger partial charge in [0, 0.05) is 11.5 Å². The van der Waals surface area contributed by atoms with E-state index in [1.165, 1.54) is 11.8 Å². The molecule has 0 saturated heterocycles. The van der Waals surface area contributed by atoms with Crippen LogP contribution in [-0.4, -0.2) is 41.9 Å². The molecule has 0 spiro atoms. The molecule has 0 unspecified atom stereocenters. The lowest BCUT2D eigenvalue weighted by atomic mass is 10.2. The van der Waals surface area contributed by atoms with E-state index in [2.05, 4.69) is 10.6 Å². The van der Waals surface area contributed by atoms with Crippen molar-refractivity contribution in [1.29, 1.82) is 0 Å². The summed E-state index contributed by atoms with van der Waals surface area (Å²) in [6, 6.07) is 18.2. The Kier molecular flexibility index (Phi) is 10.1. The van der Waals surface area contributed by atoms with Crippen molar-refractivity contribution in [3.8, 4) is 0 Å². The van der Waals surface area contributed by atoms with Gasteiger partial charge in [-0.1, -0.05) is 60.7 Å². The first-order valence-electron chi connectivity index (χ1n) is 10.3. The molecule has 0 aliphatic carbocycles. The molecule has 1 atom stereocenters. The van der Waals surface area contributed by atoms with E-state index in [9.17, 15) is 14.4 Å². The zero-order valence-electron chi connectivity index (χ0n) is 18.6. The number of benzene rings is 2. The van der Waals surface area contributed by atoms with E-state index in [0.29, 0.717) is 11.5 Å². The maximum Gasteiger partial charge on any atom is 0.408 e.